The highest BCUT2D eigenvalue weighted by Crippen LogP contribution is 2.19. The Balaban J connectivity index is 1.95. The molecule has 0 saturated carbocycles. The van der Waals surface area contributed by atoms with Gasteiger partial charge in [0.2, 0.25) is 0 Å². The Kier molecular flexibility index (Phi) is 4.52. The first-order valence-electron chi connectivity index (χ1n) is 5.51. The van der Waals surface area contributed by atoms with Crippen molar-refractivity contribution in [1.29, 1.82) is 5.26 Å². The van der Waals surface area contributed by atoms with Crippen molar-refractivity contribution < 1.29 is 0 Å². The predicted octanol–water partition coefficient (Wildman–Crippen LogP) is 4.17. The Labute approximate surface area is 116 Å². The van der Waals surface area contributed by atoms with Gasteiger partial charge in [-0.05, 0) is 23.3 Å². The lowest BCUT2D eigenvalue weighted by atomic mass is 10.2. The van der Waals surface area contributed by atoms with E-state index < -0.39 is 0 Å². The van der Waals surface area contributed by atoms with Crippen molar-refractivity contribution in [3.8, 4) is 6.07 Å². The SMILES string of the molecule is N#Cc1ccc(CSC(=S)c2ccccc2)cc1. The number of nitriles is 1. The number of benzene rings is 2. The quantitative estimate of drug-likeness (QED) is 0.781. The minimum atomic E-state index is 0.689. The molecule has 0 aromatic heterocycles. The highest BCUT2D eigenvalue weighted by Gasteiger charge is 2.02. The van der Waals surface area contributed by atoms with Gasteiger partial charge in [0.25, 0.3) is 0 Å². The molecule has 0 spiro atoms. The summed E-state index contributed by atoms with van der Waals surface area (Å²) in [5, 5.41) is 8.72. The molecule has 18 heavy (non-hydrogen) atoms. The molecule has 0 fully saturated rings. The van der Waals surface area contributed by atoms with Crippen LogP contribution in [-0.2, 0) is 5.75 Å². The van der Waals surface area contributed by atoms with Gasteiger partial charge < -0.3 is 0 Å². The number of nitrogens with zero attached hydrogens (tertiary/aromatic N) is 1. The van der Waals surface area contributed by atoms with E-state index in [9.17, 15) is 0 Å². The zero-order valence-corrected chi connectivity index (χ0v) is 11.3. The third-order valence-electron chi connectivity index (χ3n) is 2.46. The van der Waals surface area contributed by atoms with Crippen molar-refractivity contribution in [2.24, 2.45) is 0 Å². The highest BCUT2D eigenvalue weighted by molar-refractivity contribution is 8.23. The molecule has 0 amide bonds. The Morgan fingerprint density at radius 2 is 1.72 bits per heavy atom. The minimum Gasteiger partial charge on any atom is -0.192 e. The summed E-state index contributed by atoms with van der Waals surface area (Å²) in [6, 6.07) is 19.7. The van der Waals surface area contributed by atoms with Gasteiger partial charge in [0, 0.05) is 5.75 Å². The fourth-order valence-electron chi connectivity index (χ4n) is 1.48. The molecule has 0 radical (unpaired) electrons. The van der Waals surface area contributed by atoms with Crippen LogP contribution in [0, 0.1) is 11.3 Å². The molecular formula is C15H11NS2. The molecule has 0 heterocycles. The molecule has 0 atom stereocenters. The lowest BCUT2D eigenvalue weighted by Gasteiger charge is -2.04. The number of hydrogen-bond acceptors (Lipinski definition) is 3. The van der Waals surface area contributed by atoms with Crippen LogP contribution >= 0.6 is 24.0 Å². The van der Waals surface area contributed by atoms with Crippen LogP contribution in [0.25, 0.3) is 0 Å². The fourth-order valence-corrected chi connectivity index (χ4v) is 2.59. The molecule has 0 aliphatic carbocycles. The van der Waals surface area contributed by atoms with E-state index >= 15 is 0 Å². The van der Waals surface area contributed by atoms with E-state index in [0.717, 1.165) is 15.5 Å². The van der Waals surface area contributed by atoms with Gasteiger partial charge in [-0.2, -0.15) is 5.26 Å². The molecule has 0 N–H and O–H groups in total. The predicted molar refractivity (Wildman–Crippen MR) is 80.6 cm³/mol. The molecule has 0 bridgehead atoms. The Morgan fingerprint density at radius 1 is 1.06 bits per heavy atom. The Hall–Kier alpha value is -1.63. The second kappa shape index (κ2) is 6.34. The minimum absolute atomic E-state index is 0.689. The average Bonchev–Trinajstić information content (AvgIpc) is 2.46. The van der Waals surface area contributed by atoms with Crippen LogP contribution in [0.1, 0.15) is 16.7 Å². The monoisotopic (exact) mass is 269 g/mol. The van der Waals surface area contributed by atoms with Gasteiger partial charge >= 0.3 is 0 Å². The van der Waals surface area contributed by atoms with Gasteiger partial charge in [-0.25, -0.2) is 0 Å². The van der Waals surface area contributed by atoms with Crippen molar-refractivity contribution in [2.45, 2.75) is 5.75 Å². The van der Waals surface area contributed by atoms with Gasteiger partial charge in [0.05, 0.1) is 15.8 Å². The summed E-state index contributed by atoms with van der Waals surface area (Å²) in [4.78, 5) is 0. The van der Waals surface area contributed by atoms with Crippen molar-refractivity contribution >= 4 is 28.2 Å². The Morgan fingerprint density at radius 3 is 2.33 bits per heavy atom. The zero-order chi connectivity index (χ0) is 12.8. The molecular weight excluding hydrogens is 258 g/mol. The molecule has 2 aromatic rings. The molecule has 2 aromatic carbocycles. The van der Waals surface area contributed by atoms with Crippen LogP contribution in [-0.4, -0.2) is 4.20 Å². The van der Waals surface area contributed by atoms with Gasteiger partial charge in [0.15, 0.2) is 0 Å². The van der Waals surface area contributed by atoms with Crippen LogP contribution in [0.5, 0.6) is 0 Å². The Bertz CT molecular complexity index is 568. The maximum atomic E-state index is 8.72. The first kappa shape index (κ1) is 12.8. The van der Waals surface area contributed by atoms with Crippen molar-refractivity contribution in [2.75, 3.05) is 0 Å². The number of rotatable bonds is 3. The molecule has 0 saturated heterocycles. The maximum Gasteiger partial charge on any atom is 0.0991 e. The summed E-state index contributed by atoms with van der Waals surface area (Å²) in [5.41, 5.74) is 2.96. The molecule has 2 rings (SSSR count). The number of thiocarbonyl (C=S) groups is 1. The van der Waals surface area contributed by atoms with E-state index in [-0.39, 0.29) is 0 Å². The fraction of sp³-hybridized carbons (Fsp3) is 0.0667. The van der Waals surface area contributed by atoms with Crippen LogP contribution in [0.2, 0.25) is 0 Å². The molecule has 0 unspecified atom stereocenters. The van der Waals surface area contributed by atoms with Gasteiger partial charge in [-0.1, -0.05) is 54.7 Å². The van der Waals surface area contributed by atoms with Crippen molar-refractivity contribution in [1.82, 2.24) is 0 Å². The van der Waals surface area contributed by atoms with Crippen molar-refractivity contribution in [3.63, 3.8) is 0 Å². The van der Waals surface area contributed by atoms with Gasteiger partial charge in [-0.3, -0.25) is 0 Å². The second-order valence-corrected chi connectivity index (χ2v) is 5.40. The van der Waals surface area contributed by atoms with E-state index in [0.29, 0.717) is 5.56 Å². The lowest BCUT2D eigenvalue weighted by Crippen LogP contribution is -1.92. The third-order valence-corrected chi connectivity index (χ3v) is 4.03. The second-order valence-electron chi connectivity index (χ2n) is 3.75. The summed E-state index contributed by atoms with van der Waals surface area (Å²) < 4.78 is 0.903. The standard InChI is InChI=1S/C15H11NS2/c16-10-12-6-8-13(9-7-12)11-18-15(17)14-4-2-1-3-5-14/h1-9H,11H2. The van der Waals surface area contributed by atoms with Crippen LogP contribution < -0.4 is 0 Å². The molecule has 3 heteroatoms. The summed E-state index contributed by atoms with van der Waals surface area (Å²) in [7, 11) is 0. The maximum absolute atomic E-state index is 8.72. The van der Waals surface area contributed by atoms with Crippen LogP contribution in [0.3, 0.4) is 0 Å². The largest absolute Gasteiger partial charge is 0.192 e. The first-order valence-corrected chi connectivity index (χ1v) is 6.90. The first-order chi connectivity index (χ1) is 8.79. The zero-order valence-electron chi connectivity index (χ0n) is 9.67. The van der Waals surface area contributed by atoms with Crippen LogP contribution in [0.4, 0.5) is 0 Å². The average molecular weight is 269 g/mol. The summed E-state index contributed by atoms with van der Waals surface area (Å²) in [5.74, 6) is 0.833. The van der Waals surface area contributed by atoms with E-state index in [1.54, 1.807) is 11.8 Å². The highest BCUT2D eigenvalue weighted by atomic mass is 32.2. The van der Waals surface area contributed by atoms with E-state index in [2.05, 4.69) is 6.07 Å². The molecule has 0 aliphatic heterocycles. The molecule has 0 aliphatic rings. The van der Waals surface area contributed by atoms with E-state index in [1.165, 1.54) is 5.56 Å². The summed E-state index contributed by atoms with van der Waals surface area (Å²) in [6.45, 7) is 0. The van der Waals surface area contributed by atoms with E-state index in [1.807, 2.05) is 54.6 Å². The van der Waals surface area contributed by atoms with Crippen molar-refractivity contribution in [3.05, 3.63) is 71.3 Å². The molecule has 1 nitrogen and oxygen atoms in total. The lowest BCUT2D eigenvalue weighted by molar-refractivity contribution is 1.40. The topological polar surface area (TPSA) is 23.8 Å². The normalized spacial score (nSPS) is 9.72. The summed E-state index contributed by atoms with van der Waals surface area (Å²) in [6.07, 6.45) is 0. The number of hydrogen-bond donors (Lipinski definition) is 0. The van der Waals surface area contributed by atoms with Gasteiger partial charge in [-0.15, -0.1) is 11.8 Å². The molecule has 88 valence electrons. The van der Waals surface area contributed by atoms with Crippen LogP contribution in [0.15, 0.2) is 54.6 Å². The van der Waals surface area contributed by atoms with E-state index in [4.69, 9.17) is 17.5 Å². The summed E-state index contributed by atoms with van der Waals surface area (Å²) >= 11 is 7.02. The smallest absolute Gasteiger partial charge is 0.0991 e. The third kappa shape index (κ3) is 3.43. The number of thioether (sulfide) groups is 1. The van der Waals surface area contributed by atoms with Gasteiger partial charge in [0.1, 0.15) is 0 Å².